The van der Waals surface area contributed by atoms with E-state index in [0.717, 1.165) is 6.42 Å². The number of hydrogen-bond donors (Lipinski definition) is 0. The number of hydrogen-bond acceptors (Lipinski definition) is 0. The van der Waals surface area contributed by atoms with Gasteiger partial charge in [-0.1, -0.05) is 277 Å². The Kier molecular flexibility index (Phi) is 40.7. The summed E-state index contributed by atoms with van der Waals surface area (Å²) in [6.45, 7) is 11.2. The summed E-state index contributed by atoms with van der Waals surface area (Å²) in [4.78, 5) is 0. The van der Waals surface area contributed by atoms with E-state index in [1.807, 2.05) is 0 Å². The first kappa shape index (κ1) is 52.2. The maximum absolute atomic E-state index is 4.20. The Morgan fingerprint density at radius 3 is 0.764 bits per heavy atom. The van der Waals surface area contributed by atoms with Gasteiger partial charge in [-0.05, 0) is 73.6 Å². The number of unbranched alkanes of at least 4 members (excludes halogenated alkanes) is 37. The quantitative estimate of drug-likeness (QED) is 0.0580. The highest BCUT2D eigenvalue weighted by atomic mass is 14.2. The molecule has 323 valence electrons. The highest BCUT2D eigenvalue weighted by molar-refractivity contribution is 5.40. The van der Waals surface area contributed by atoms with Gasteiger partial charge in [-0.3, -0.25) is 0 Å². The molecule has 0 saturated carbocycles. The van der Waals surface area contributed by atoms with E-state index in [2.05, 4.69) is 39.8 Å². The second kappa shape index (κ2) is 42.8. The van der Waals surface area contributed by atoms with Crippen LogP contribution in [-0.2, 0) is 25.7 Å². The third-order valence-corrected chi connectivity index (χ3v) is 12.8. The topological polar surface area (TPSA) is 0 Å². The van der Waals surface area contributed by atoms with Crippen molar-refractivity contribution < 1.29 is 0 Å². The Labute approximate surface area is 349 Å². The molecule has 1 aromatic carbocycles. The zero-order valence-electron chi connectivity index (χ0n) is 38.7. The van der Waals surface area contributed by atoms with Gasteiger partial charge in [-0.2, -0.15) is 0 Å². The first-order valence-corrected chi connectivity index (χ1v) is 26.2. The fraction of sp³-hybridized carbons (Fsp3) is 0.873. The van der Waals surface area contributed by atoms with Gasteiger partial charge in [0.05, 0.1) is 0 Å². The molecule has 0 spiro atoms. The molecule has 0 heterocycles. The molecule has 0 heteroatoms. The van der Waals surface area contributed by atoms with Gasteiger partial charge in [0.2, 0.25) is 0 Å². The molecule has 1 rings (SSSR count). The number of aryl methyl sites for hydroxylation is 3. The van der Waals surface area contributed by atoms with Crippen LogP contribution in [0.25, 0.3) is 0 Å². The third kappa shape index (κ3) is 33.9. The molecular formula is C55H103. The van der Waals surface area contributed by atoms with Gasteiger partial charge in [0.1, 0.15) is 0 Å². The van der Waals surface area contributed by atoms with Crippen molar-refractivity contribution >= 4 is 0 Å². The summed E-state index contributed by atoms with van der Waals surface area (Å²) in [6, 6.07) is 5.34. The summed E-state index contributed by atoms with van der Waals surface area (Å²) in [6.07, 6.45) is 63.8. The molecule has 0 N–H and O–H groups in total. The lowest BCUT2D eigenvalue weighted by Gasteiger charge is -2.18. The van der Waals surface area contributed by atoms with E-state index in [1.54, 1.807) is 22.3 Å². The van der Waals surface area contributed by atoms with Crippen molar-refractivity contribution in [2.75, 3.05) is 0 Å². The molecule has 1 radical (unpaired) electrons. The Morgan fingerprint density at radius 2 is 0.509 bits per heavy atom. The van der Waals surface area contributed by atoms with Gasteiger partial charge >= 0.3 is 0 Å². The van der Waals surface area contributed by atoms with Crippen LogP contribution in [0.3, 0.4) is 0 Å². The van der Waals surface area contributed by atoms with Gasteiger partial charge in [0.25, 0.3) is 0 Å². The van der Waals surface area contributed by atoms with Crippen LogP contribution in [-0.4, -0.2) is 0 Å². The van der Waals surface area contributed by atoms with Crippen molar-refractivity contribution in [2.24, 2.45) is 0 Å². The van der Waals surface area contributed by atoms with Crippen molar-refractivity contribution in [1.82, 2.24) is 0 Å². The first-order valence-electron chi connectivity index (χ1n) is 26.2. The predicted molar refractivity (Wildman–Crippen MR) is 253 cm³/mol. The van der Waals surface area contributed by atoms with Crippen LogP contribution in [0, 0.1) is 6.92 Å². The number of benzene rings is 1. The Morgan fingerprint density at radius 1 is 0.273 bits per heavy atom. The highest BCUT2D eigenvalue weighted by Crippen LogP contribution is 2.27. The van der Waals surface area contributed by atoms with E-state index in [-0.39, 0.29) is 0 Å². The van der Waals surface area contributed by atoms with Gasteiger partial charge in [0, 0.05) is 0 Å². The molecule has 0 aliphatic heterocycles. The molecule has 0 amide bonds. The zero-order chi connectivity index (χ0) is 39.5. The first-order chi connectivity index (χ1) is 27.3. The fourth-order valence-corrected chi connectivity index (χ4v) is 9.10. The molecule has 0 aromatic heterocycles. The van der Waals surface area contributed by atoms with E-state index in [4.69, 9.17) is 0 Å². The van der Waals surface area contributed by atoms with Crippen molar-refractivity contribution in [3.05, 3.63) is 41.3 Å². The SMILES string of the molecule is [CH2]CCCc1cc(CCCCCCCCCCCCCCC)c(CCCCCCCCCCCCCCC)c(CCCCCCCCCCCCCCC)c1. The summed E-state index contributed by atoms with van der Waals surface area (Å²) < 4.78 is 0. The zero-order valence-corrected chi connectivity index (χ0v) is 38.7. The second-order valence-electron chi connectivity index (χ2n) is 18.3. The van der Waals surface area contributed by atoms with E-state index in [0.29, 0.717) is 0 Å². The maximum atomic E-state index is 4.20. The van der Waals surface area contributed by atoms with E-state index in [1.165, 1.54) is 283 Å². The maximum Gasteiger partial charge on any atom is -0.0273 e. The molecule has 0 bridgehead atoms. The number of rotatable bonds is 45. The third-order valence-electron chi connectivity index (χ3n) is 12.8. The molecule has 1 aromatic rings. The predicted octanol–water partition coefficient (Wildman–Crippen LogP) is 19.7. The molecule has 0 fully saturated rings. The van der Waals surface area contributed by atoms with E-state index in [9.17, 15) is 0 Å². The smallest absolute Gasteiger partial charge is 0.0273 e. The van der Waals surface area contributed by atoms with Crippen LogP contribution >= 0.6 is 0 Å². The second-order valence-corrected chi connectivity index (χ2v) is 18.3. The average molecular weight is 764 g/mol. The summed E-state index contributed by atoms with van der Waals surface area (Å²) in [5.41, 5.74) is 6.90. The van der Waals surface area contributed by atoms with Gasteiger partial charge in [-0.15, -0.1) is 0 Å². The van der Waals surface area contributed by atoms with Crippen LogP contribution in [0.5, 0.6) is 0 Å². The normalized spacial score (nSPS) is 11.6. The van der Waals surface area contributed by atoms with Crippen molar-refractivity contribution in [2.45, 2.75) is 310 Å². The highest BCUT2D eigenvalue weighted by Gasteiger charge is 2.12. The van der Waals surface area contributed by atoms with Crippen molar-refractivity contribution in [1.29, 1.82) is 0 Å². The van der Waals surface area contributed by atoms with Crippen LogP contribution in [0.4, 0.5) is 0 Å². The summed E-state index contributed by atoms with van der Waals surface area (Å²) in [5.74, 6) is 0. The van der Waals surface area contributed by atoms with E-state index >= 15 is 0 Å². The van der Waals surface area contributed by atoms with E-state index < -0.39 is 0 Å². The van der Waals surface area contributed by atoms with Crippen molar-refractivity contribution in [3.8, 4) is 0 Å². The summed E-state index contributed by atoms with van der Waals surface area (Å²) >= 11 is 0. The summed E-state index contributed by atoms with van der Waals surface area (Å²) in [5, 5.41) is 0. The van der Waals surface area contributed by atoms with Gasteiger partial charge in [-0.25, -0.2) is 0 Å². The molecule has 0 aliphatic carbocycles. The van der Waals surface area contributed by atoms with Crippen LogP contribution < -0.4 is 0 Å². The molecule has 0 unspecified atom stereocenters. The van der Waals surface area contributed by atoms with Gasteiger partial charge < -0.3 is 0 Å². The van der Waals surface area contributed by atoms with Crippen molar-refractivity contribution in [3.63, 3.8) is 0 Å². The largest absolute Gasteiger partial charge is 0.0654 e. The minimum absolute atomic E-state index is 1.06. The molecule has 0 saturated heterocycles. The fourth-order valence-electron chi connectivity index (χ4n) is 9.10. The molecule has 0 nitrogen and oxygen atoms in total. The van der Waals surface area contributed by atoms with Crippen LogP contribution in [0.15, 0.2) is 12.1 Å². The lowest BCUT2D eigenvalue weighted by molar-refractivity contribution is 0.536. The molecular weight excluding hydrogens is 661 g/mol. The standard InChI is InChI=1S/C55H103/c1-5-9-13-16-19-22-25-28-31-34-37-40-43-47-53-50-52(46-12-8-4)51-54(48-44-41-38-35-32-29-26-23-20-17-14-10-6-2)55(53)49-45-42-39-36-33-30-27-24-21-18-15-11-7-3/h50-51H,4-49H2,1-3H3. The van der Waals surface area contributed by atoms with Crippen LogP contribution in [0.2, 0.25) is 0 Å². The molecule has 0 aliphatic rings. The monoisotopic (exact) mass is 764 g/mol. The van der Waals surface area contributed by atoms with Gasteiger partial charge in [0.15, 0.2) is 0 Å². The minimum atomic E-state index is 1.06. The average Bonchev–Trinajstić information content (AvgIpc) is 3.19. The Bertz CT molecular complexity index is 829. The molecule has 55 heavy (non-hydrogen) atoms. The Balaban J connectivity index is 2.59. The lowest BCUT2D eigenvalue weighted by Crippen LogP contribution is -2.05. The van der Waals surface area contributed by atoms with Crippen LogP contribution in [0.1, 0.15) is 306 Å². The minimum Gasteiger partial charge on any atom is -0.0654 e. The molecule has 0 atom stereocenters. The summed E-state index contributed by atoms with van der Waals surface area (Å²) in [7, 11) is 0. The Hall–Kier alpha value is -0.780. The lowest BCUT2D eigenvalue weighted by atomic mass is 9.87.